The number of hydrogen-bond acceptors (Lipinski definition) is 4. The Hall–Kier alpha value is -3.71. The predicted octanol–water partition coefficient (Wildman–Crippen LogP) is 3.80. The summed E-state index contributed by atoms with van der Waals surface area (Å²) in [6.07, 6.45) is 2.66. The van der Waals surface area contributed by atoms with Gasteiger partial charge in [-0.2, -0.15) is 0 Å². The van der Waals surface area contributed by atoms with Crippen molar-refractivity contribution in [1.82, 2.24) is 29.7 Å². The zero-order valence-electron chi connectivity index (χ0n) is 19.5. The molecular weight excluding hydrogens is 424 g/mol. The number of urea groups is 1. The molecule has 0 bridgehead atoms. The van der Waals surface area contributed by atoms with E-state index >= 15 is 0 Å². The monoisotopic (exact) mass is 454 g/mol. The van der Waals surface area contributed by atoms with Crippen molar-refractivity contribution in [2.24, 2.45) is 0 Å². The third kappa shape index (κ3) is 4.94. The molecule has 0 atom stereocenters. The highest BCUT2D eigenvalue weighted by atomic mass is 16.2. The van der Waals surface area contributed by atoms with Crippen LogP contribution in [0.15, 0.2) is 72.9 Å². The number of hydrogen-bond donors (Lipinski definition) is 1. The lowest BCUT2D eigenvalue weighted by Gasteiger charge is -2.34. The summed E-state index contributed by atoms with van der Waals surface area (Å²) in [4.78, 5) is 26.4. The largest absolute Gasteiger partial charge is 0.338 e. The molecule has 7 heteroatoms. The van der Waals surface area contributed by atoms with E-state index in [0.717, 1.165) is 42.2 Å². The van der Waals surface area contributed by atoms with Crippen LogP contribution in [0.1, 0.15) is 17.0 Å². The Morgan fingerprint density at radius 2 is 1.71 bits per heavy atom. The zero-order chi connectivity index (χ0) is 23.3. The third-order valence-electron chi connectivity index (χ3n) is 6.33. The SMILES string of the molecule is Cc1ccc(-n2c(CN3CCN(C(=O)NCCc4ccccc4)CC3)nc3cccnc32)cc1. The van der Waals surface area contributed by atoms with Crippen LogP contribution in [0.2, 0.25) is 0 Å². The van der Waals surface area contributed by atoms with E-state index in [2.05, 4.69) is 63.1 Å². The van der Waals surface area contributed by atoms with E-state index in [4.69, 9.17) is 4.98 Å². The van der Waals surface area contributed by atoms with Crippen molar-refractivity contribution in [3.63, 3.8) is 0 Å². The van der Waals surface area contributed by atoms with E-state index in [1.54, 1.807) is 0 Å². The number of amides is 2. The maximum absolute atomic E-state index is 12.6. The summed E-state index contributed by atoms with van der Waals surface area (Å²) < 4.78 is 2.15. The molecule has 0 radical (unpaired) electrons. The maximum Gasteiger partial charge on any atom is 0.317 e. The number of carbonyl (C=O) groups excluding carboxylic acids is 1. The standard InChI is InChI=1S/C27H30N6O/c1-21-9-11-23(12-10-21)33-25(30-24-8-5-14-28-26(24)33)20-31-16-18-32(19-17-31)27(34)29-15-13-22-6-3-2-4-7-22/h2-12,14H,13,15-20H2,1H3,(H,29,34). The fraction of sp³-hybridized carbons (Fsp3) is 0.296. The molecule has 0 aliphatic carbocycles. The second kappa shape index (κ2) is 10.1. The summed E-state index contributed by atoms with van der Waals surface area (Å²) in [6.45, 7) is 6.50. The van der Waals surface area contributed by atoms with Crippen LogP contribution in [0.3, 0.4) is 0 Å². The first-order valence-electron chi connectivity index (χ1n) is 11.9. The van der Waals surface area contributed by atoms with Gasteiger partial charge in [0.15, 0.2) is 5.65 Å². The number of pyridine rings is 1. The highest BCUT2D eigenvalue weighted by Gasteiger charge is 2.23. The van der Waals surface area contributed by atoms with Gasteiger partial charge >= 0.3 is 6.03 Å². The quantitative estimate of drug-likeness (QED) is 0.481. The summed E-state index contributed by atoms with van der Waals surface area (Å²) in [5.41, 5.74) is 5.30. The molecule has 2 amide bonds. The molecule has 0 saturated carbocycles. The van der Waals surface area contributed by atoms with Crippen molar-refractivity contribution in [3.05, 3.63) is 89.9 Å². The van der Waals surface area contributed by atoms with Crippen LogP contribution >= 0.6 is 0 Å². The number of imidazole rings is 1. The smallest absolute Gasteiger partial charge is 0.317 e. The first-order valence-corrected chi connectivity index (χ1v) is 11.9. The number of aromatic nitrogens is 3. The molecule has 3 heterocycles. The Morgan fingerprint density at radius 3 is 2.47 bits per heavy atom. The van der Waals surface area contributed by atoms with Crippen LogP contribution in [-0.4, -0.2) is 63.1 Å². The molecule has 0 spiro atoms. The molecule has 0 unspecified atom stereocenters. The molecule has 1 aliphatic heterocycles. The Kier molecular flexibility index (Phi) is 6.53. The van der Waals surface area contributed by atoms with Crippen molar-refractivity contribution in [2.45, 2.75) is 19.9 Å². The van der Waals surface area contributed by atoms with Crippen molar-refractivity contribution < 1.29 is 4.79 Å². The first kappa shape index (κ1) is 22.1. The molecule has 1 aliphatic rings. The normalized spacial score (nSPS) is 14.4. The molecule has 7 nitrogen and oxygen atoms in total. The number of piperazine rings is 1. The summed E-state index contributed by atoms with van der Waals surface area (Å²) in [5.74, 6) is 0.971. The topological polar surface area (TPSA) is 66.3 Å². The lowest BCUT2D eigenvalue weighted by molar-refractivity contribution is 0.133. The fourth-order valence-electron chi connectivity index (χ4n) is 4.41. The highest BCUT2D eigenvalue weighted by Crippen LogP contribution is 2.22. The molecule has 4 aromatic rings. The maximum atomic E-state index is 12.6. The van der Waals surface area contributed by atoms with E-state index in [0.29, 0.717) is 26.2 Å². The number of aryl methyl sites for hydroxylation is 1. The number of nitrogens with one attached hydrogen (secondary N) is 1. The lowest BCUT2D eigenvalue weighted by atomic mass is 10.1. The predicted molar refractivity (Wildman–Crippen MR) is 134 cm³/mol. The van der Waals surface area contributed by atoms with Gasteiger partial charge in [0.1, 0.15) is 11.3 Å². The molecule has 174 valence electrons. The van der Waals surface area contributed by atoms with E-state index in [1.165, 1.54) is 11.1 Å². The Bertz CT molecular complexity index is 1240. The van der Waals surface area contributed by atoms with Crippen LogP contribution in [0.4, 0.5) is 4.79 Å². The van der Waals surface area contributed by atoms with Gasteiger partial charge in [-0.3, -0.25) is 9.47 Å². The van der Waals surface area contributed by atoms with E-state index in [1.807, 2.05) is 41.4 Å². The van der Waals surface area contributed by atoms with Crippen LogP contribution in [0.25, 0.3) is 16.9 Å². The summed E-state index contributed by atoms with van der Waals surface area (Å²) >= 11 is 0. The van der Waals surface area contributed by atoms with Crippen molar-refractivity contribution >= 4 is 17.2 Å². The van der Waals surface area contributed by atoms with Gasteiger partial charge in [0.05, 0.1) is 6.54 Å². The second-order valence-corrected chi connectivity index (χ2v) is 8.78. The average molecular weight is 455 g/mol. The van der Waals surface area contributed by atoms with Crippen LogP contribution < -0.4 is 5.32 Å². The Morgan fingerprint density at radius 1 is 0.941 bits per heavy atom. The molecular formula is C27H30N6O. The third-order valence-corrected chi connectivity index (χ3v) is 6.33. The Balaban J connectivity index is 1.21. The van der Waals surface area contributed by atoms with Crippen molar-refractivity contribution in [1.29, 1.82) is 0 Å². The zero-order valence-corrected chi connectivity index (χ0v) is 19.5. The number of rotatable bonds is 6. The van der Waals surface area contributed by atoms with Crippen LogP contribution in [0.5, 0.6) is 0 Å². The van der Waals surface area contributed by atoms with Crippen LogP contribution in [-0.2, 0) is 13.0 Å². The van der Waals surface area contributed by atoms with Crippen molar-refractivity contribution in [2.75, 3.05) is 32.7 Å². The summed E-state index contributed by atoms with van der Waals surface area (Å²) in [5, 5.41) is 3.06. The average Bonchev–Trinajstić information content (AvgIpc) is 3.23. The van der Waals surface area contributed by atoms with Gasteiger partial charge in [0.2, 0.25) is 0 Å². The number of benzene rings is 2. The van der Waals surface area contributed by atoms with Gasteiger partial charge < -0.3 is 10.2 Å². The van der Waals surface area contributed by atoms with Crippen LogP contribution in [0, 0.1) is 6.92 Å². The number of nitrogens with zero attached hydrogens (tertiary/aromatic N) is 5. The Labute approximate surface area is 200 Å². The van der Waals surface area contributed by atoms with Gasteiger partial charge in [-0.15, -0.1) is 0 Å². The first-order chi connectivity index (χ1) is 16.7. The minimum Gasteiger partial charge on any atom is -0.338 e. The van der Waals surface area contributed by atoms with Gasteiger partial charge in [-0.25, -0.2) is 14.8 Å². The van der Waals surface area contributed by atoms with Gasteiger partial charge in [-0.1, -0.05) is 48.0 Å². The lowest BCUT2D eigenvalue weighted by Crippen LogP contribution is -2.51. The molecule has 2 aromatic carbocycles. The number of carbonyl (C=O) groups is 1. The molecule has 5 rings (SSSR count). The van der Waals surface area contributed by atoms with Gasteiger partial charge in [-0.05, 0) is 43.2 Å². The minimum atomic E-state index is 0.0201. The molecule has 1 N–H and O–H groups in total. The van der Waals surface area contributed by atoms with Gasteiger partial charge in [0.25, 0.3) is 0 Å². The molecule has 2 aromatic heterocycles. The number of fused-ring (bicyclic) bond motifs is 1. The van der Waals surface area contributed by atoms with Crippen molar-refractivity contribution in [3.8, 4) is 5.69 Å². The van der Waals surface area contributed by atoms with E-state index in [9.17, 15) is 4.79 Å². The van der Waals surface area contributed by atoms with Gasteiger partial charge in [0, 0.05) is 44.6 Å². The fourth-order valence-corrected chi connectivity index (χ4v) is 4.41. The summed E-state index contributed by atoms with van der Waals surface area (Å²) in [7, 11) is 0. The van der Waals surface area contributed by atoms with E-state index in [-0.39, 0.29) is 6.03 Å². The van der Waals surface area contributed by atoms with E-state index < -0.39 is 0 Å². The molecule has 1 fully saturated rings. The second-order valence-electron chi connectivity index (χ2n) is 8.78. The minimum absolute atomic E-state index is 0.0201. The summed E-state index contributed by atoms with van der Waals surface area (Å²) in [6, 6.07) is 22.7. The molecule has 1 saturated heterocycles. The highest BCUT2D eigenvalue weighted by molar-refractivity contribution is 5.74. The molecule has 34 heavy (non-hydrogen) atoms.